The van der Waals surface area contributed by atoms with Crippen molar-refractivity contribution in [2.75, 3.05) is 19.5 Å². The number of methoxy groups -OCH3 is 1. The van der Waals surface area contributed by atoms with Crippen molar-refractivity contribution < 1.29 is 4.74 Å². The Balaban J connectivity index is 1.99. The predicted molar refractivity (Wildman–Crippen MR) is 97.9 cm³/mol. The van der Waals surface area contributed by atoms with Crippen molar-refractivity contribution in [1.82, 2.24) is 14.0 Å². The fourth-order valence-corrected chi connectivity index (χ4v) is 3.21. The molecule has 25 heavy (non-hydrogen) atoms. The van der Waals surface area contributed by atoms with Crippen LogP contribution in [0.15, 0.2) is 42.6 Å². The standard InChI is InChI=1S/C19H17N5O/c1-21-19-18(22-17-8-12(11-20)6-7-24(17)19)16-10-13-9-14(25-3)4-5-15(13)23(16)2/h4-10,21H,1-3H3. The molecule has 0 aliphatic heterocycles. The second-order valence-electron chi connectivity index (χ2n) is 5.83. The van der Waals surface area contributed by atoms with E-state index in [1.807, 2.05) is 42.9 Å². The largest absolute Gasteiger partial charge is 0.497 e. The van der Waals surface area contributed by atoms with Gasteiger partial charge in [-0.15, -0.1) is 0 Å². The zero-order valence-corrected chi connectivity index (χ0v) is 14.2. The minimum absolute atomic E-state index is 0.591. The number of nitrogens with one attached hydrogen (secondary N) is 1. The van der Waals surface area contributed by atoms with Crippen LogP contribution in [-0.2, 0) is 7.05 Å². The quantitative estimate of drug-likeness (QED) is 0.625. The van der Waals surface area contributed by atoms with Crippen LogP contribution in [0.5, 0.6) is 5.75 Å². The highest BCUT2D eigenvalue weighted by molar-refractivity contribution is 5.90. The van der Waals surface area contributed by atoms with Crippen LogP contribution in [0.3, 0.4) is 0 Å². The van der Waals surface area contributed by atoms with Gasteiger partial charge in [0.05, 0.1) is 24.4 Å². The number of ether oxygens (including phenoxy) is 1. The lowest BCUT2D eigenvalue weighted by Crippen LogP contribution is -1.98. The van der Waals surface area contributed by atoms with Crippen molar-refractivity contribution in [2.45, 2.75) is 0 Å². The molecule has 1 N–H and O–H groups in total. The molecular weight excluding hydrogens is 314 g/mol. The van der Waals surface area contributed by atoms with Crippen molar-refractivity contribution in [3.63, 3.8) is 0 Å². The van der Waals surface area contributed by atoms with Gasteiger partial charge < -0.3 is 14.6 Å². The molecule has 0 spiro atoms. The van der Waals surface area contributed by atoms with E-state index < -0.39 is 0 Å². The Bertz CT molecular complexity index is 1150. The van der Waals surface area contributed by atoms with Crippen LogP contribution in [0.4, 0.5) is 5.82 Å². The molecule has 0 amide bonds. The summed E-state index contributed by atoms with van der Waals surface area (Å²) in [4.78, 5) is 4.76. The number of fused-ring (bicyclic) bond motifs is 2. The topological polar surface area (TPSA) is 67.3 Å². The van der Waals surface area contributed by atoms with Crippen molar-refractivity contribution in [1.29, 1.82) is 5.26 Å². The number of nitrogens with zero attached hydrogens (tertiary/aromatic N) is 4. The summed E-state index contributed by atoms with van der Waals surface area (Å²) in [5.74, 6) is 1.71. The molecule has 0 bridgehead atoms. The summed E-state index contributed by atoms with van der Waals surface area (Å²) >= 11 is 0. The summed E-state index contributed by atoms with van der Waals surface area (Å²) in [5, 5.41) is 13.4. The van der Waals surface area contributed by atoms with Crippen LogP contribution in [-0.4, -0.2) is 28.1 Å². The fourth-order valence-electron chi connectivity index (χ4n) is 3.21. The summed E-state index contributed by atoms with van der Waals surface area (Å²) in [6, 6.07) is 13.8. The third-order valence-electron chi connectivity index (χ3n) is 4.48. The summed E-state index contributed by atoms with van der Waals surface area (Å²) in [7, 11) is 5.56. The fraction of sp³-hybridized carbons (Fsp3) is 0.158. The number of aryl methyl sites for hydroxylation is 1. The lowest BCUT2D eigenvalue weighted by molar-refractivity contribution is 0.415. The van der Waals surface area contributed by atoms with Crippen molar-refractivity contribution in [3.8, 4) is 23.2 Å². The molecule has 6 nitrogen and oxygen atoms in total. The number of hydrogen-bond donors (Lipinski definition) is 1. The molecule has 0 saturated heterocycles. The third-order valence-corrected chi connectivity index (χ3v) is 4.48. The molecule has 124 valence electrons. The molecule has 0 unspecified atom stereocenters. The molecule has 0 aliphatic rings. The van der Waals surface area contributed by atoms with Gasteiger partial charge in [0.25, 0.3) is 0 Å². The van der Waals surface area contributed by atoms with E-state index in [-0.39, 0.29) is 0 Å². The molecule has 0 fully saturated rings. The average Bonchev–Trinajstić information content (AvgIpc) is 3.17. The van der Waals surface area contributed by atoms with Crippen LogP contribution in [0.1, 0.15) is 5.56 Å². The Morgan fingerprint density at radius 1 is 1.20 bits per heavy atom. The molecule has 4 aromatic rings. The summed E-state index contributed by atoms with van der Waals surface area (Å²) in [5.41, 5.74) is 4.27. The lowest BCUT2D eigenvalue weighted by atomic mass is 10.2. The van der Waals surface area contributed by atoms with Crippen LogP contribution in [0.2, 0.25) is 0 Å². The molecule has 1 aromatic carbocycles. The molecule has 0 atom stereocenters. The van der Waals surface area contributed by atoms with Gasteiger partial charge in [-0.3, -0.25) is 4.40 Å². The number of rotatable bonds is 3. The molecule has 0 radical (unpaired) electrons. The highest BCUT2D eigenvalue weighted by Gasteiger charge is 2.17. The predicted octanol–water partition coefficient (Wildman–Crippen LogP) is 3.41. The third kappa shape index (κ3) is 2.21. The first-order chi connectivity index (χ1) is 12.2. The first-order valence-electron chi connectivity index (χ1n) is 7.90. The zero-order valence-electron chi connectivity index (χ0n) is 14.2. The van der Waals surface area contributed by atoms with Gasteiger partial charge in [-0.05, 0) is 36.4 Å². The molecule has 3 aromatic heterocycles. The van der Waals surface area contributed by atoms with Crippen molar-refractivity contribution in [3.05, 3.63) is 48.2 Å². The van der Waals surface area contributed by atoms with E-state index in [1.54, 1.807) is 19.2 Å². The van der Waals surface area contributed by atoms with Crippen LogP contribution < -0.4 is 10.1 Å². The Morgan fingerprint density at radius 2 is 2.04 bits per heavy atom. The van der Waals surface area contributed by atoms with E-state index in [0.29, 0.717) is 5.56 Å². The van der Waals surface area contributed by atoms with E-state index in [2.05, 4.69) is 22.0 Å². The molecule has 0 aliphatic carbocycles. The van der Waals surface area contributed by atoms with E-state index in [4.69, 9.17) is 15.0 Å². The first kappa shape index (κ1) is 15.1. The lowest BCUT2D eigenvalue weighted by Gasteiger charge is -2.06. The minimum Gasteiger partial charge on any atom is -0.497 e. The maximum atomic E-state index is 9.12. The van der Waals surface area contributed by atoms with Crippen LogP contribution in [0.25, 0.3) is 27.9 Å². The SMILES string of the molecule is CNc1c(-c2cc3cc(OC)ccc3n2C)nc2cc(C#N)ccn12. The summed E-state index contributed by atoms with van der Waals surface area (Å²) < 4.78 is 9.39. The van der Waals surface area contributed by atoms with Gasteiger partial charge >= 0.3 is 0 Å². The highest BCUT2D eigenvalue weighted by Crippen LogP contribution is 2.33. The number of aromatic nitrogens is 3. The van der Waals surface area contributed by atoms with Crippen LogP contribution in [0, 0.1) is 11.3 Å². The Hall–Kier alpha value is -3.46. The Morgan fingerprint density at radius 3 is 2.76 bits per heavy atom. The monoisotopic (exact) mass is 331 g/mol. The number of pyridine rings is 1. The van der Waals surface area contributed by atoms with Gasteiger partial charge in [0, 0.05) is 31.2 Å². The Kier molecular flexibility index (Phi) is 3.36. The zero-order chi connectivity index (χ0) is 17.6. The van der Waals surface area contributed by atoms with Gasteiger partial charge in [0.15, 0.2) is 0 Å². The smallest absolute Gasteiger partial charge is 0.140 e. The normalized spacial score (nSPS) is 11.0. The van der Waals surface area contributed by atoms with Gasteiger partial charge in [0.1, 0.15) is 22.9 Å². The van der Waals surface area contributed by atoms with E-state index in [0.717, 1.165) is 39.5 Å². The van der Waals surface area contributed by atoms with Crippen molar-refractivity contribution >= 4 is 22.4 Å². The van der Waals surface area contributed by atoms with E-state index >= 15 is 0 Å². The second kappa shape index (κ2) is 5.56. The number of nitriles is 1. The average molecular weight is 331 g/mol. The molecule has 3 heterocycles. The van der Waals surface area contributed by atoms with Gasteiger partial charge in [-0.2, -0.15) is 5.26 Å². The number of imidazole rings is 1. The van der Waals surface area contributed by atoms with Gasteiger partial charge in [0.2, 0.25) is 0 Å². The number of hydrogen-bond acceptors (Lipinski definition) is 4. The van der Waals surface area contributed by atoms with Crippen LogP contribution >= 0.6 is 0 Å². The molecular formula is C19H17N5O. The molecule has 4 rings (SSSR count). The van der Waals surface area contributed by atoms with Gasteiger partial charge in [-0.1, -0.05) is 0 Å². The molecule has 0 saturated carbocycles. The highest BCUT2D eigenvalue weighted by atomic mass is 16.5. The van der Waals surface area contributed by atoms with E-state index in [9.17, 15) is 0 Å². The minimum atomic E-state index is 0.591. The first-order valence-corrected chi connectivity index (χ1v) is 7.90. The number of anilines is 1. The Labute approximate surface area is 144 Å². The maximum Gasteiger partial charge on any atom is 0.140 e. The summed E-state index contributed by atoms with van der Waals surface area (Å²) in [6.07, 6.45) is 1.86. The number of benzene rings is 1. The maximum absolute atomic E-state index is 9.12. The second-order valence-corrected chi connectivity index (χ2v) is 5.83. The van der Waals surface area contributed by atoms with Gasteiger partial charge in [-0.25, -0.2) is 4.98 Å². The summed E-state index contributed by atoms with van der Waals surface area (Å²) in [6.45, 7) is 0. The molecule has 6 heteroatoms. The van der Waals surface area contributed by atoms with Crippen molar-refractivity contribution in [2.24, 2.45) is 7.05 Å². The van der Waals surface area contributed by atoms with E-state index in [1.165, 1.54) is 0 Å².